The Balaban J connectivity index is 2.53. The number of carbonyl (C=O) groups excluding carboxylic acids is 1. The number of nitrogens with one attached hydrogen (secondary N) is 1. The predicted octanol–water partition coefficient (Wildman–Crippen LogP) is 1.03. The van der Waals surface area contributed by atoms with E-state index in [2.05, 4.69) is 17.1 Å². The molecule has 0 spiro atoms. The summed E-state index contributed by atoms with van der Waals surface area (Å²) in [5.74, 6) is -0.207. The largest absolute Gasteiger partial charge is 0.468 e. The van der Waals surface area contributed by atoms with E-state index >= 15 is 0 Å². The van der Waals surface area contributed by atoms with Crippen molar-refractivity contribution in [2.45, 2.75) is 44.2 Å². The SMILES string of the molecule is CNC(C)(CCN1CCCC(C)(OC)C1)C(=O)OC. The molecule has 1 saturated heterocycles. The number of rotatable bonds is 6. The first kappa shape index (κ1) is 16.4. The van der Waals surface area contributed by atoms with Crippen molar-refractivity contribution in [2.75, 3.05) is 40.9 Å². The van der Waals surface area contributed by atoms with Crippen LogP contribution in [-0.4, -0.2) is 62.9 Å². The molecule has 5 nitrogen and oxygen atoms in total. The van der Waals surface area contributed by atoms with Gasteiger partial charge in [0.1, 0.15) is 5.54 Å². The van der Waals surface area contributed by atoms with E-state index in [0.29, 0.717) is 0 Å². The van der Waals surface area contributed by atoms with Gasteiger partial charge in [-0.15, -0.1) is 0 Å². The standard InChI is InChI=1S/C14H28N2O3/c1-13(19-5)7-6-9-16(11-13)10-8-14(2,15-3)12(17)18-4/h15H,6-11H2,1-5H3. The summed E-state index contributed by atoms with van der Waals surface area (Å²) < 4.78 is 10.5. The molecule has 5 heteroatoms. The van der Waals surface area contributed by atoms with Crippen molar-refractivity contribution in [1.29, 1.82) is 0 Å². The van der Waals surface area contributed by atoms with Crippen LogP contribution in [0.25, 0.3) is 0 Å². The van der Waals surface area contributed by atoms with Crippen molar-refractivity contribution in [3.63, 3.8) is 0 Å². The zero-order chi connectivity index (χ0) is 14.5. The van der Waals surface area contributed by atoms with Crippen molar-refractivity contribution in [3.05, 3.63) is 0 Å². The molecule has 2 atom stereocenters. The highest BCUT2D eigenvalue weighted by Gasteiger charge is 2.35. The van der Waals surface area contributed by atoms with Crippen LogP contribution in [0.1, 0.15) is 33.1 Å². The molecular weight excluding hydrogens is 244 g/mol. The van der Waals surface area contributed by atoms with E-state index in [1.807, 2.05) is 6.92 Å². The van der Waals surface area contributed by atoms with Gasteiger partial charge >= 0.3 is 5.97 Å². The number of ether oxygens (including phenoxy) is 2. The number of nitrogens with zero attached hydrogens (tertiary/aromatic N) is 1. The molecule has 112 valence electrons. The quantitative estimate of drug-likeness (QED) is 0.732. The van der Waals surface area contributed by atoms with Gasteiger partial charge in [0.05, 0.1) is 12.7 Å². The summed E-state index contributed by atoms with van der Waals surface area (Å²) in [6, 6.07) is 0. The molecule has 19 heavy (non-hydrogen) atoms. The fraction of sp³-hybridized carbons (Fsp3) is 0.929. The molecule has 0 amide bonds. The van der Waals surface area contributed by atoms with Gasteiger partial charge < -0.3 is 19.7 Å². The molecule has 0 aliphatic carbocycles. The monoisotopic (exact) mass is 272 g/mol. The third-order valence-electron chi connectivity index (χ3n) is 4.35. The molecule has 1 fully saturated rings. The molecule has 1 aliphatic heterocycles. The van der Waals surface area contributed by atoms with Crippen LogP contribution in [0.5, 0.6) is 0 Å². The normalized spacial score (nSPS) is 27.8. The maximum Gasteiger partial charge on any atom is 0.325 e. The first-order chi connectivity index (χ1) is 8.89. The van der Waals surface area contributed by atoms with Crippen LogP contribution < -0.4 is 5.32 Å². The van der Waals surface area contributed by atoms with E-state index in [1.165, 1.54) is 7.11 Å². The van der Waals surface area contributed by atoms with E-state index in [1.54, 1.807) is 14.2 Å². The van der Waals surface area contributed by atoms with Crippen LogP contribution in [0.2, 0.25) is 0 Å². The van der Waals surface area contributed by atoms with Gasteiger partial charge in [-0.2, -0.15) is 0 Å². The summed E-state index contributed by atoms with van der Waals surface area (Å²) in [7, 11) is 5.00. The maximum absolute atomic E-state index is 11.8. The van der Waals surface area contributed by atoms with Crippen molar-refractivity contribution >= 4 is 5.97 Å². The molecule has 0 aromatic carbocycles. The van der Waals surface area contributed by atoms with E-state index in [9.17, 15) is 4.79 Å². The van der Waals surface area contributed by atoms with Crippen LogP contribution in [0, 0.1) is 0 Å². The second-order valence-corrected chi connectivity index (χ2v) is 5.86. The highest BCUT2D eigenvalue weighted by molar-refractivity contribution is 5.80. The molecule has 1 N–H and O–H groups in total. The Bertz CT molecular complexity index is 311. The van der Waals surface area contributed by atoms with E-state index < -0.39 is 5.54 Å². The number of hydrogen-bond acceptors (Lipinski definition) is 5. The number of likely N-dealkylation sites (tertiary alicyclic amines) is 1. The van der Waals surface area contributed by atoms with Crippen LogP contribution in [0.15, 0.2) is 0 Å². The Morgan fingerprint density at radius 2 is 2.16 bits per heavy atom. The Hall–Kier alpha value is -0.650. The number of methoxy groups -OCH3 is 2. The van der Waals surface area contributed by atoms with Crippen molar-refractivity contribution < 1.29 is 14.3 Å². The van der Waals surface area contributed by atoms with Gasteiger partial charge in [-0.1, -0.05) is 0 Å². The van der Waals surface area contributed by atoms with Crippen molar-refractivity contribution in [1.82, 2.24) is 10.2 Å². The third kappa shape index (κ3) is 4.16. The summed E-state index contributed by atoms with van der Waals surface area (Å²) in [5.41, 5.74) is -0.671. The lowest BCUT2D eigenvalue weighted by Crippen LogP contribution is -2.53. The summed E-state index contributed by atoms with van der Waals surface area (Å²) in [6.45, 7) is 6.89. The molecule has 0 aromatic heterocycles. The van der Waals surface area contributed by atoms with Gasteiger partial charge in [0, 0.05) is 20.2 Å². The van der Waals surface area contributed by atoms with E-state index in [4.69, 9.17) is 9.47 Å². The lowest BCUT2D eigenvalue weighted by Gasteiger charge is -2.40. The molecule has 0 aromatic rings. The van der Waals surface area contributed by atoms with Gasteiger partial charge in [0.2, 0.25) is 0 Å². The van der Waals surface area contributed by atoms with Gasteiger partial charge in [-0.25, -0.2) is 0 Å². The smallest absolute Gasteiger partial charge is 0.325 e. The van der Waals surface area contributed by atoms with E-state index in [-0.39, 0.29) is 11.6 Å². The molecule has 1 rings (SSSR count). The summed E-state index contributed by atoms with van der Waals surface area (Å²) in [5, 5.41) is 3.07. The highest BCUT2D eigenvalue weighted by atomic mass is 16.5. The Morgan fingerprint density at radius 1 is 1.47 bits per heavy atom. The van der Waals surface area contributed by atoms with Crippen LogP contribution in [-0.2, 0) is 14.3 Å². The zero-order valence-electron chi connectivity index (χ0n) is 12.9. The van der Waals surface area contributed by atoms with Crippen LogP contribution in [0.4, 0.5) is 0 Å². The molecule has 0 bridgehead atoms. The lowest BCUT2D eigenvalue weighted by atomic mass is 9.93. The van der Waals surface area contributed by atoms with Crippen LogP contribution in [0.3, 0.4) is 0 Å². The molecule has 1 heterocycles. The topological polar surface area (TPSA) is 50.8 Å². The summed E-state index contributed by atoms with van der Waals surface area (Å²) in [4.78, 5) is 14.2. The van der Waals surface area contributed by atoms with Gasteiger partial charge in [-0.05, 0) is 46.7 Å². The average molecular weight is 272 g/mol. The van der Waals surface area contributed by atoms with Crippen molar-refractivity contribution in [2.24, 2.45) is 0 Å². The summed E-state index contributed by atoms with van der Waals surface area (Å²) >= 11 is 0. The predicted molar refractivity (Wildman–Crippen MR) is 75.2 cm³/mol. The number of esters is 1. The molecule has 0 saturated carbocycles. The minimum atomic E-state index is -0.615. The molecular formula is C14H28N2O3. The second kappa shape index (κ2) is 6.68. The van der Waals surface area contributed by atoms with Gasteiger partial charge in [-0.3, -0.25) is 4.79 Å². The summed E-state index contributed by atoms with van der Waals surface area (Å²) in [6.07, 6.45) is 2.97. The fourth-order valence-corrected chi connectivity index (χ4v) is 2.60. The van der Waals surface area contributed by atoms with E-state index in [0.717, 1.165) is 38.9 Å². The first-order valence-corrected chi connectivity index (χ1v) is 6.94. The zero-order valence-corrected chi connectivity index (χ0v) is 12.9. The number of likely N-dealkylation sites (N-methyl/N-ethyl adjacent to an activating group) is 1. The number of hydrogen-bond donors (Lipinski definition) is 1. The van der Waals surface area contributed by atoms with Crippen LogP contribution >= 0.6 is 0 Å². The maximum atomic E-state index is 11.8. The fourth-order valence-electron chi connectivity index (χ4n) is 2.60. The number of carbonyl (C=O) groups is 1. The second-order valence-electron chi connectivity index (χ2n) is 5.86. The molecule has 1 aliphatic rings. The van der Waals surface area contributed by atoms with Gasteiger partial charge in [0.15, 0.2) is 0 Å². The average Bonchev–Trinajstić information content (AvgIpc) is 2.44. The van der Waals surface area contributed by atoms with Crippen molar-refractivity contribution in [3.8, 4) is 0 Å². The number of piperidine rings is 1. The Kier molecular flexibility index (Phi) is 5.77. The Morgan fingerprint density at radius 3 is 2.68 bits per heavy atom. The lowest BCUT2D eigenvalue weighted by molar-refractivity contribution is -0.148. The first-order valence-electron chi connectivity index (χ1n) is 6.94. The Labute approximate surface area is 116 Å². The minimum Gasteiger partial charge on any atom is -0.468 e. The molecule has 2 unspecified atom stereocenters. The minimum absolute atomic E-state index is 0.0560. The van der Waals surface area contributed by atoms with Gasteiger partial charge in [0.25, 0.3) is 0 Å². The molecule has 0 radical (unpaired) electrons. The third-order valence-corrected chi connectivity index (χ3v) is 4.35. The highest BCUT2D eigenvalue weighted by Crippen LogP contribution is 2.24.